The maximum absolute atomic E-state index is 12.8. The molecule has 2 fully saturated rings. The van der Waals surface area contributed by atoms with Crippen molar-refractivity contribution in [3.63, 3.8) is 0 Å². The standard InChI is InChI=1S/C18H22N6O/c1-13-5-9-23(17(25)18(11-19)6-7-18)10-15(13)22(2)16-14-4-3-8-24(14)21-12-20-16/h3-4,8,12-13,15H,5-7,9-10H2,1-2H3. The molecule has 2 aromatic heterocycles. The molecule has 1 saturated carbocycles. The van der Waals surface area contributed by atoms with Crippen molar-refractivity contribution < 1.29 is 4.79 Å². The molecule has 4 rings (SSSR count). The van der Waals surface area contributed by atoms with E-state index in [-0.39, 0.29) is 11.9 Å². The summed E-state index contributed by atoms with van der Waals surface area (Å²) in [6, 6.07) is 6.34. The normalized spacial score (nSPS) is 24.8. The number of piperidine rings is 1. The molecule has 1 amide bonds. The Labute approximate surface area is 146 Å². The molecule has 1 aliphatic heterocycles. The Bertz CT molecular complexity index is 849. The summed E-state index contributed by atoms with van der Waals surface area (Å²) in [7, 11) is 2.03. The third-order valence-corrected chi connectivity index (χ3v) is 5.72. The molecular formula is C18H22N6O. The highest BCUT2D eigenvalue weighted by atomic mass is 16.2. The Hall–Kier alpha value is -2.62. The maximum atomic E-state index is 12.8. The number of amides is 1. The summed E-state index contributed by atoms with van der Waals surface area (Å²) < 4.78 is 1.81. The number of rotatable bonds is 3. The predicted octanol–water partition coefficient (Wildman–Crippen LogP) is 1.71. The third kappa shape index (κ3) is 2.53. The van der Waals surface area contributed by atoms with Crippen molar-refractivity contribution in [2.45, 2.75) is 32.2 Å². The van der Waals surface area contributed by atoms with Gasteiger partial charge in [-0.1, -0.05) is 6.92 Å². The highest BCUT2D eigenvalue weighted by molar-refractivity contribution is 5.88. The fourth-order valence-electron chi connectivity index (χ4n) is 3.82. The fourth-order valence-corrected chi connectivity index (χ4v) is 3.82. The van der Waals surface area contributed by atoms with Crippen molar-refractivity contribution >= 4 is 17.2 Å². The fraction of sp³-hybridized carbons (Fsp3) is 0.556. The van der Waals surface area contributed by atoms with Crippen LogP contribution in [0.2, 0.25) is 0 Å². The lowest BCUT2D eigenvalue weighted by Gasteiger charge is -2.42. The Morgan fingerprint density at radius 2 is 2.28 bits per heavy atom. The van der Waals surface area contributed by atoms with Crippen LogP contribution in [0.25, 0.3) is 5.52 Å². The second kappa shape index (κ2) is 5.73. The summed E-state index contributed by atoms with van der Waals surface area (Å²) in [6.07, 6.45) is 5.80. The minimum Gasteiger partial charge on any atom is -0.353 e. The molecule has 2 aliphatic rings. The zero-order valence-corrected chi connectivity index (χ0v) is 14.6. The average molecular weight is 338 g/mol. The first-order valence-electron chi connectivity index (χ1n) is 8.77. The van der Waals surface area contributed by atoms with Crippen LogP contribution in [-0.4, -0.2) is 51.6 Å². The van der Waals surface area contributed by atoms with Crippen LogP contribution in [0.4, 0.5) is 5.82 Å². The summed E-state index contributed by atoms with van der Waals surface area (Å²) >= 11 is 0. The molecule has 0 spiro atoms. The molecule has 3 heterocycles. The van der Waals surface area contributed by atoms with Gasteiger partial charge in [0, 0.05) is 26.3 Å². The van der Waals surface area contributed by atoms with Crippen LogP contribution in [0.5, 0.6) is 0 Å². The molecule has 1 aliphatic carbocycles. The van der Waals surface area contributed by atoms with Gasteiger partial charge >= 0.3 is 0 Å². The molecule has 0 aromatic carbocycles. The number of hydrogen-bond donors (Lipinski definition) is 0. The number of fused-ring (bicyclic) bond motifs is 1. The molecule has 2 aromatic rings. The van der Waals surface area contributed by atoms with E-state index in [0.717, 1.165) is 24.3 Å². The Balaban J connectivity index is 1.59. The second-order valence-corrected chi connectivity index (χ2v) is 7.31. The molecule has 2 unspecified atom stereocenters. The van der Waals surface area contributed by atoms with Crippen molar-refractivity contribution in [2.75, 3.05) is 25.0 Å². The minimum absolute atomic E-state index is 0.0100. The zero-order chi connectivity index (χ0) is 17.6. The van der Waals surface area contributed by atoms with Crippen molar-refractivity contribution in [3.8, 4) is 6.07 Å². The van der Waals surface area contributed by atoms with Gasteiger partial charge in [-0.2, -0.15) is 10.4 Å². The number of carbonyl (C=O) groups is 1. The van der Waals surface area contributed by atoms with Gasteiger partial charge in [-0.3, -0.25) is 4.79 Å². The topological polar surface area (TPSA) is 77.5 Å². The number of likely N-dealkylation sites (N-methyl/N-ethyl adjacent to an activating group) is 1. The number of carbonyl (C=O) groups excluding carboxylic acids is 1. The molecule has 1 saturated heterocycles. The van der Waals surface area contributed by atoms with Crippen LogP contribution < -0.4 is 4.90 Å². The van der Waals surface area contributed by atoms with Crippen LogP contribution in [0.1, 0.15) is 26.2 Å². The Morgan fingerprint density at radius 1 is 1.48 bits per heavy atom. The number of anilines is 1. The van der Waals surface area contributed by atoms with Gasteiger partial charge in [0.1, 0.15) is 17.3 Å². The van der Waals surface area contributed by atoms with Gasteiger partial charge in [0.05, 0.1) is 12.1 Å². The minimum atomic E-state index is -0.743. The monoisotopic (exact) mass is 338 g/mol. The Kier molecular flexibility index (Phi) is 3.64. The molecule has 130 valence electrons. The first-order valence-corrected chi connectivity index (χ1v) is 8.77. The van der Waals surface area contributed by atoms with E-state index in [0.29, 0.717) is 25.3 Å². The highest BCUT2D eigenvalue weighted by Gasteiger charge is 2.53. The lowest BCUT2D eigenvalue weighted by molar-refractivity contribution is -0.136. The first-order chi connectivity index (χ1) is 12.1. The molecular weight excluding hydrogens is 316 g/mol. The largest absolute Gasteiger partial charge is 0.353 e. The number of nitriles is 1. The van der Waals surface area contributed by atoms with Crippen LogP contribution in [0.3, 0.4) is 0 Å². The van der Waals surface area contributed by atoms with Gasteiger partial charge < -0.3 is 9.80 Å². The smallest absolute Gasteiger partial charge is 0.243 e. The van der Waals surface area contributed by atoms with E-state index >= 15 is 0 Å². The van der Waals surface area contributed by atoms with Crippen molar-refractivity contribution in [3.05, 3.63) is 24.7 Å². The number of aromatic nitrogens is 3. The molecule has 2 atom stereocenters. The molecule has 7 nitrogen and oxygen atoms in total. The SMILES string of the molecule is CC1CCN(C(=O)C2(C#N)CC2)CC1N(C)c1ncnn2cccc12. The highest BCUT2D eigenvalue weighted by Crippen LogP contribution is 2.47. The van der Waals surface area contributed by atoms with E-state index in [1.807, 2.05) is 34.8 Å². The van der Waals surface area contributed by atoms with Gasteiger partial charge in [0.15, 0.2) is 5.82 Å². The predicted molar refractivity (Wildman–Crippen MR) is 92.8 cm³/mol. The van der Waals surface area contributed by atoms with E-state index in [1.54, 1.807) is 6.33 Å². The van der Waals surface area contributed by atoms with Gasteiger partial charge in [-0.05, 0) is 37.3 Å². The van der Waals surface area contributed by atoms with Crippen molar-refractivity contribution in [1.29, 1.82) is 5.26 Å². The molecule has 0 N–H and O–H groups in total. The molecule has 0 radical (unpaired) electrons. The van der Waals surface area contributed by atoms with Gasteiger partial charge in [0.25, 0.3) is 0 Å². The first kappa shape index (κ1) is 15.9. The molecule has 0 bridgehead atoms. The van der Waals surface area contributed by atoms with E-state index in [1.165, 1.54) is 0 Å². The van der Waals surface area contributed by atoms with Crippen LogP contribution in [0, 0.1) is 22.7 Å². The number of hydrogen-bond acceptors (Lipinski definition) is 5. The van der Waals surface area contributed by atoms with Gasteiger partial charge in [-0.25, -0.2) is 9.50 Å². The maximum Gasteiger partial charge on any atom is 0.243 e. The average Bonchev–Trinajstić information content (AvgIpc) is 3.29. The van der Waals surface area contributed by atoms with Gasteiger partial charge in [0.2, 0.25) is 5.91 Å². The van der Waals surface area contributed by atoms with Crippen molar-refractivity contribution in [2.24, 2.45) is 11.3 Å². The number of likely N-dealkylation sites (tertiary alicyclic amines) is 1. The van der Waals surface area contributed by atoms with Crippen LogP contribution in [0.15, 0.2) is 24.7 Å². The summed E-state index contributed by atoms with van der Waals surface area (Å²) in [4.78, 5) is 21.3. The van der Waals surface area contributed by atoms with Crippen LogP contribution in [-0.2, 0) is 4.79 Å². The van der Waals surface area contributed by atoms with E-state index in [9.17, 15) is 10.1 Å². The second-order valence-electron chi connectivity index (χ2n) is 7.31. The summed E-state index contributed by atoms with van der Waals surface area (Å²) in [5.41, 5.74) is 0.212. The van der Waals surface area contributed by atoms with Crippen LogP contribution >= 0.6 is 0 Å². The summed E-state index contributed by atoms with van der Waals surface area (Å²) in [5, 5.41) is 13.6. The molecule has 7 heteroatoms. The van der Waals surface area contributed by atoms with E-state index < -0.39 is 5.41 Å². The quantitative estimate of drug-likeness (QED) is 0.851. The molecule has 25 heavy (non-hydrogen) atoms. The lowest BCUT2D eigenvalue weighted by atomic mass is 9.91. The summed E-state index contributed by atoms with van der Waals surface area (Å²) in [5.74, 6) is 1.32. The number of nitrogens with zero attached hydrogens (tertiary/aromatic N) is 6. The lowest BCUT2D eigenvalue weighted by Crippen LogP contribution is -2.54. The third-order valence-electron chi connectivity index (χ3n) is 5.72. The summed E-state index contributed by atoms with van der Waals surface area (Å²) in [6.45, 7) is 3.59. The Morgan fingerprint density at radius 3 is 3.00 bits per heavy atom. The van der Waals surface area contributed by atoms with E-state index in [2.05, 4.69) is 28.0 Å². The van der Waals surface area contributed by atoms with E-state index in [4.69, 9.17) is 0 Å². The van der Waals surface area contributed by atoms with Gasteiger partial charge in [-0.15, -0.1) is 0 Å². The zero-order valence-electron chi connectivity index (χ0n) is 14.6. The van der Waals surface area contributed by atoms with Crippen molar-refractivity contribution in [1.82, 2.24) is 19.5 Å².